The lowest BCUT2D eigenvalue weighted by atomic mass is 9.63. The number of nitrogens with zero attached hydrogens (tertiary/aromatic N) is 1. The number of allylic oxidation sites excluding steroid dienone is 3. The Kier molecular flexibility index (Phi) is 11.5. The summed E-state index contributed by atoms with van der Waals surface area (Å²) in [5, 5.41) is 16.0. The Morgan fingerprint density at radius 3 is 1.73 bits per heavy atom. The first kappa shape index (κ1) is 38.0. The van der Waals surface area contributed by atoms with E-state index in [-0.39, 0.29) is 34.7 Å². The highest BCUT2D eigenvalue weighted by molar-refractivity contribution is 6.99. The summed E-state index contributed by atoms with van der Waals surface area (Å²) < 4.78 is 28.9. The van der Waals surface area contributed by atoms with Gasteiger partial charge in [0.05, 0.1) is 12.1 Å². The second kappa shape index (κ2) is 14.6. The molecule has 1 heterocycles. The van der Waals surface area contributed by atoms with Crippen LogP contribution in [0.5, 0.6) is 0 Å². The summed E-state index contributed by atoms with van der Waals surface area (Å²) in [6, 6.07) is 28.2. The smallest absolute Gasteiger partial charge is 0.261 e. The zero-order valence-electron chi connectivity index (χ0n) is 31.3. The lowest BCUT2D eigenvalue weighted by Crippen LogP contribution is -2.68. The molecule has 4 rings (SSSR count). The molecule has 0 spiro atoms. The Balaban J connectivity index is 2.03. The topological polar surface area (TPSA) is 41.9 Å². The van der Waals surface area contributed by atoms with Crippen LogP contribution in [-0.2, 0) is 8.95 Å². The summed E-state index contributed by atoms with van der Waals surface area (Å²) in [4.78, 5) is 0. The third kappa shape index (κ3) is 6.82. The Bertz CT molecular complexity index is 1550. The van der Waals surface area contributed by atoms with E-state index >= 15 is 0 Å². The quantitative estimate of drug-likeness (QED) is 0.205. The molecule has 7 heteroatoms. The first-order chi connectivity index (χ1) is 22.4. The number of halogens is 1. The molecule has 1 N–H and O–H groups in total. The summed E-state index contributed by atoms with van der Waals surface area (Å²) in [6.45, 7) is 27.0. The summed E-state index contributed by atoms with van der Waals surface area (Å²) in [6.07, 6.45) is 0. The van der Waals surface area contributed by atoms with Crippen molar-refractivity contribution >= 4 is 33.3 Å². The summed E-state index contributed by atoms with van der Waals surface area (Å²) in [5.41, 5.74) is 3.88. The fraction of sp³-hybridized carbons (Fsp3) is 0.463. The molecule has 1 aliphatic rings. The SMILES string of the molecule is CC1=C(C(C)(C)C)C(c2ccc(F)cc2)=C(CO)C(C(C)C)([C@H](C)CO[Si](c2ccccc2)(c2ccccc2)C(C)(C)C)N1O[SiH](C)C. The molecule has 4 nitrogen and oxygen atoms in total. The van der Waals surface area contributed by atoms with Gasteiger partial charge in [0.15, 0.2) is 0 Å². The molecule has 260 valence electrons. The molecule has 1 aliphatic heterocycles. The highest BCUT2D eigenvalue weighted by Gasteiger charge is 2.56. The Morgan fingerprint density at radius 1 is 0.833 bits per heavy atom. The second-order valence-electron chi connectivity index (χ2n) is 16.0. The Morgan fingerprint density at radius 2 is 1.33 bits per heavy atom. The summed E-state index contributed by atoms with van der Waals surface area (Å²) in [7, 11) is -4.50. The monoisotopic (exact) mass is 687 g/mol. The van der Waals surface area contributed by atoms with E-state index in [9.17, 15) is 9.50 Å². The van der Waals surface area contributed by atoms with Crippen molar-refractivity contribution in [2.45, 2.75) is 92.9 Å². The lowest BCUT2D eigenvalue weighted by molar-refractivity contribution is -0.152. The second-order valence-corrected chi connectivity index (χ2v) is 22.6. The molecule has 3 aromatic rings. The maximum absolute atomic E-state index is 14.3. The number of hydrogen-bond donors (Lipinski definition) is 1. The van der Waals surface area contributed by atoms with Crippen molar-refractivity contribution in [1.82, 2.24) is 5.06 Å². The predicted octanol–water partition coefficient (Wildman–Crippen LogP) is 8.73. The highest BCUT2D eigenvalue weighted by Crippen LogP contribution is 2.54. The third-order valence-electron chi connectivity index (χ3n) is 9.99. The zero-order valence-corrected chi connectivity index (χ0v) is 33.5. The van der Waals surface area contributed by atoms with Gasteiger partial charge in [0.25, 0.3) is 8.32 Å². The first-order valence-electron chi connectivity index (χ1n) is 17.5. The minimum absolute atomic E-state index is 0.0251. The van der Waals surface area contributed by atoms with Gasteiger partial charge in [-0.1, -0.05) is 135 Å². The van der Waals surface area contributed by atoms with Crippen LogP contribution in [0, 0.1) is 23.1 Å². The average molecular weight is 688 g/mol. The minimum atomic E-state index is -2.86. The number of benzene rings is 3. The standard InChI is InChI=1S/C41H58FNO3Si2/c1-29(2)41(30(3)28-45-48(40(8,9)10,34-19-15-13-16-20-34)35-21-17-14-18-22-35)36(27-44)37(32-23-25-33(42)26-24-32)38(39(5,6)7)31(4)43(41)46-47(11)12/h13-26,29-30,44,47H,27-28H2,1-12H3/t30-,41?/m1/s1. The van der Waals surface area contributed by atoms with Gasteiger partial charge in [-0.3, -0.25) is 5.06 Å². The van der Waals surface area contributed by atoms with Crippen LogP contribution in [0.15, 0.2) is 102 Å². The molecule has 48 heavy (non-hydrogen) atoms. The van der Waals surface area contributed by atoms with E-state index in [1.807, 2.05) is 12.1 Å². The highest BCUT2D eigenvalue weighted by atomic mass is 28.4. The minimum Gasteiger partial charge on any atom is -0.407 e. The fourth-order valence-electron chi connectivity index (χ4n) is 8.26. The molecule has 3 aromatic carbocycles. The predicted molar refractivity (Wildman–Crippen MR) is 205 cm³/mol. The van der Waals surface area contributed by atoms with Crippen LogP contribution in [0.3, 0.4) is 0 Å². The first-order valence-corrected chi connectivity index (χ1v) is 22.2. The third-order valence-corrected chi connectivity index (χ3v) is 15.6. The van der Waals surface area contributed by atoms with Gasteiger partial charge in [-0.05, 0) is 81.2 Å². The molecule has 0 fully saturated rings. The van der Waals surface area contributed by atoms with E-state index in [4.69, 9.17) is 8.95 Å². The van der Waals surface area contributed by atoms with Crippen LogP contribution < -0.4 is 10.4 Å². The van der Waals surface area contributed by atoms with E-state index in [0.29, 0.717) is 6.61 Å². The van der Waals surface area contributed by atoms with Crippen molar-refractivity contribution in [3.05, 3.63) is 113 Å². The lowest BCUT2D eigenvalue weighted by Gasteiger charge is -2.57. The van der Waals surface area contributed by atoms with Gasteiger partial charge in [0.1, 0.15) is 5.82 Å². The largest absolute Gasteiger partial charge is 0.407 e. The van der Waals surface area contributed by atoms with E-state index < -0.39 is 22.9 Å². The number of hydroxylamine groups is 2. The fourth-order valence-corrected chi connectivity index (χ4v) is 13.7. The number of aliphatic hydroxyl groups excluding tert-OH is 1. The molecule has 0 bridgehead atoms. The molecule has 2 atom stereocenters. The average Bonchev–Trinajstić information content (AvgIpc) is 3.01. The van der Waals surface area contributed by atoms with Crippen LogP contribution in [0.1, 0.15) is 74.8 Å². The molecule has 0 aromatic heterocycles. The van der Waals surface area contributed by atoms with Gasteiger partial charge < -0.3 is 14.1 Å². The number of rotatable bonds is 11. The zero-order chi connectivity index (χ0) is 35.7. The van der Waals surface area contributed by atoms with Crippen molar-refractivity contribution in [3.8, 4) is 0 Å². The van der Waals surface area contributed by atoms with Gasteiger partial charge in [0, 0.05) is 18.2 Å². The van der Waals surface area contributed by atoms with Crippen molar-refractivity contribution in [2.24, 2.45) is 17.3 Å². The van der Waals surface area contributed by atoms with E-state index in [1.165, 1.54) is 22.5 Å². The van der Waals surface area contributed by atoms with E-state index in [1.54, 1.807) is 0 Å². The van der Waals surface area contributed by atoms with Crippen molar-refractivity contribution in [3.63, 3.8) is 0 Å². The normalized spacial score (nSPS) is 18.7. The Labute approximate surface area is 292 Å². The van der Waals surface area contributed by atoms with Crippen LogP contribution >= 0.6 is 0 Å². The van der Waals surface area contributed by atoms with Gasteiger partial charge >= 0.3 is 0 Å². The molecule has 0 aliphatic carbocycles. The van der Waals surface area contributed by atoms with Gasteiger partial charge in [-0.2, -0.15) is 0 Å². The molecular weight excluding hydrogens is 630 g/mol. The summed E-state index contributed by atoms with van der Waals surface area (Å²) >= 11 is 0. The molecule has 0 amide bonds. The van der Waals surface area contributed by atoms with Crippen LogP contribution in [0.4, 0.5) is 4.39 Å². The van der Waals surface area contributed by atoms with E-state index in [2.05, 4.69) is 148 Å². The van der Waals surface area contributed by atoms with Gasteiger partial charge in [-0.15, -0.1) is 0 Å². The van der Waals surface area contributed by atoms with Crippen LogP contribution in [0.25, 0.3) is 5.57 Å². The van der Waals surface area contributed by atoms with Gasteiger partial charge in [-0.25, -0.2) is 4.39 Å². The van der Waals surface area contributed by atoms with Gasteiger partial charge in [0.2, 0.25) is 9.04 Å². The van der Waals surface area contributed by atoms with Crippen molar-refractivity contribution < 1.29 is 18.4 Å². The van der Waals surface area contributed by atoms with Crippen molar-refractivity contribution in [2.75, 3.05) is 13.2 Å². The Hall–Kier alpha value is -2.82. The summed E-state index contributed by atoms with van der Waals surface area (Å²) in [5.74, 6) is -0.366. The molecule has 0 radical (unpaired) electrons. The van der Waals surface area contributed by atoms with Crippen LogP contribution in [0.2, 0.25) is 18.1 Å². The van der Waals surface area contributed by atoms with Crippen molar-refractivity contribution in [1.29, 1.82) is 0 Å². The molecule has 1 unspecified atom stereocenters. The molecule has 0 saturated heterocycles. The maximum atomic E-state index is 14.3. The number of aliphatic hydroxyl groups is 1. The van der Waals surface area contributed by atoms with E-state index in [0.717, 1.165) is 28.0 Å². The molecule has 0 saturated carbocycles. The van der Waals surface area contributed by atoms with Crippen LogP contribution in [-0.4, -0.2) is 46.3 Å². The number of hydrogen-bond acceptors (Lipinski definition) is 4. The molecular formula is C41H58FNO3Si2. The maximum Gasteiger partial charge on any atom is 0.261 e.